The molecule has 0 fully saturated rings. The largest absolute Gasteiger partial charge is 0.464 e. The standard InChI is InChI=1S/C9H7ClN2O2/c1-14-9(13)8-7(10)4-6(2-3-11)5-12-8/h4-5H,2H2,1H3. The summed E-state index contributed by atoms with van der Waals surface area (Å²) in [5.41, 5.74) is 0.737. The van der Waals surface area contributed by atoms with E-state index in [0.29, 0.717) is 5.56 Å². The van der Waals surface area contributed by atoms with Crippen LogP contribution in [0.5, 0.6) is 0 Å². The van der Waals surface area contributed by atoms with Gasteiger partial charge in [0, 0.05) is 6.20 Å². The van der Waals surface area contributed by atoms with E-state index in [-0.39, 0.29) is 17.1 Å². The highest BCUT2D eigenvalue weighted by Gasteiger charge is 2.12. The average molecular weight is 211 g/mol. The number of hydrogen-bond acceptors (Lipinski definition) is 4. The SMILES string of the molecule is COC(=O)c1ncc(CC#N)cc1Cl. The van der Waals surface area contributed by atoms with Crippen LogP contribution in [0, 0.1) is 11.3 Å². The fraction of sp³-hybridized carbons (Fsp3) is 0.222. The third-order valence-electron chi connectivity index (χ3n) is 1.56. The molecule has 0 aliphatic heterocycles. The van der Waals surface area contributed by atoms with Gasteiger partial charge in [-0.1, -0.05) is 11.6 Å². The molecule has 0 amide bonds. The maximum Gasteiger partial charge on any atom is 0.358 e. The lowest BCUT2D eigenvalue weighted by molar-refractivity contribution is 0.0594. The van der Waals surface area contributed by atoms with Gasteiger partial charge in [0.1, 0.15) is 0 Å². The molecule has 0 aliphatic rings. The van der Waals surface area contributed by atoms with E-state index >= 15 is 0 Å². The van der Waals surface area contributed by atoms with Crippen molar-refractivity contribution in [2.75, 3.05) is 7.11 Å². The van der Waals surface area contributed by atoms with E-state index in [1.807, 2.05) is 6.07 Å². The number of aromatic nitrogens is 1. The van der Waals surface area contributed by atoms with Crippen molar-refractivity contribution in [1.82, 2.24) is 4.98 Å². The zero-order chi connectivity index (χ0) is 10.6. The molecule has 1 aromatic heterocycles. The van der Waals surface area contributed by atoms with Crippen molar-refractivity contribution in [3.05, 3.63) is 28.5 Å². The molecule has 0 unspecified atom stereocenters. The molecule has 0 spiro atoms. The number of carbonyl (C=O) groups excluding carboxylic acids is 1. The Morgan fingerprint density at radius 1 is 1.79 bits per heavy atom. The summed E-state index contributed by atoms with van der Waals surface area (Å²) in [6.45, 7) is 0. The topological polar surface area (TPSA) is 63.0 Å². The summed E-state index contributed by atoms with van der Waals surface area (Å²) in [4.78, 5) is 14.9. The monoisotopic (exact) mass is 210 g/mol. The smallest absolute Gasteiger partial charge is 0.358 e. The van der Waals surface area contributed by atoms with Gasteiger partial charge in [0.05, 0.1) is 24.6 Å². The Morgan fingerprint density at radius 3 is 3.00 bits per heavy atom. The Balaban J connectivity index is 3.02. The normalized spacial score (nSPS) is 9.21. The van der Waals surface area contributed by atoms with Gasteiger partial charge in [-0.25, -0.2) is 9.78 Å². The Bertz CT molecular complexity index is 398. The van der Waals surface area contributed by atoms with Gasteiger partial charge in [-0.3, -0.25) is 0 Å². The van der Waals surface area contributed by atoms with Gasteiger partial charge in [-0.2, -0.15) is 5.26 Å². The van der Waals surface area contributed by atoms with Crippen molar-refractivity contribution in [3.8, 4) is 6.07 Å². The summed E-state index contributed by atoms with van der Waals surface area (Å²) < 4.78 is 4.47. The fourth-order valence-corrected chi connectivity index (χ4v) is 1.18. The lowest BCUT2D eigenvalue weighted by Crippen LogP contribution is -2.05. The van der Waals surface area contributed by atoms with Crippen molar-refractivity contribution in [2.45, 2.75) is 6.42 Å². The van der Waals surface area contributed by atoms with Crippen LogP contribution in [0.25, 0.3) is 0 Å². The quantitative estimate of drug-likeness (QED) is 0.696. The Morgan fingerprint density at radius 2 is 2.50 bits per heavy atom. The van der Waals surface area contributed by atoms with E-state index in [9.17, 15) is 4.79 Å². The molecule has 0 bridgehead atoms. The number of nitrogens with zero attached hydrogens (tertiary/aromatic N) is 2. The van der Waals surface area contributed by atoms with Crippen molar-refractivity contribution in [2.24, 2.45) is 0 Å². The minimum atomic E-state index is -0.585. The zero-order valence-corrected chi connectivity index (χ0v) is 8.21. The Labute approximate surface area is 86.1 Å². The number of rotatable bonds is 2. The molecule has 1 aromatic rings. The molecule has 0 saturated carbocycles. The third kappa shape index (κ3) is 2.21. The number of methoxy groups -OCH3 is 1. The van der Waals surface area contributed by atoms with E-state index < -0.39 is 5.97 Å². The highest BCUT2D eigenvalue weighted by Crippen LogP contribution is 2.16. The second kappa shape index (κ2) is 4.58. The molecule has 14 heavy (non-hydrogen) atoms. The van der Waals surface area contributed by atoms with Crippen molar-refractivity contribution < 1.29 is 9.53 Å². The van der Waals surface area contributed by atoms with Crippen LogP contribution >= 0.6 is 11.6 Å². The summed E-state index contributed by atoms with van der Waals surface area (Å²) in [7, 11) is 1.25. The van der Waals surface area contributed by atoms with E-state index in [4.69, 9.17) is 16.9 Å². The van der Waals surface area contributed by atoms with E-state index in [1.165, 1.54) is 19.4 Å². The predicted molar refractivity (Wildman–Crippen MR) is 49.9 cm³/mol. The number of esters is 1. The molecule has 4 nitrogen and oxygen atoms in total. The summed E-state index contributed by atoms with van der Waals surface area (Å²) in [6, 6.07) is 3.49. The van der Waals surface area contributed by atoms with Crippen LogP contribution in [-0.4, -0.2) is 18.1 Å². The van der Waals surface area contributed by atoms with Crippen molar-refractivity contribution in [1.29, 1.82) is 5.26 Å². The first-order chi connectivity index (χ1) is 6.69. The zero-order valence-electron chi connectivity index (χ0n) is 7.45. The van der Waals surface area contributed by atoms with E-state index in [1.54, 1.807) is 0 Å². The first-order valence-electron chi connectivity index (χ1n) is 3.78. The van der Waals surface area contributed by atoms with Gasteiger partial charge < -0.3 is 4.74 Å². The summed E-state index contributed by atoms with van der Waals surface area (Å²) in [5, 5.41) is 8.62. The van der Waals surface area contributed by atoms with Crippen LogP contribution in [-0.2, 0) is 11.2 Å². The minimum Gasteiger partial charge on any atom is -0.464 e. The van der Waals surface area contributed by atoms with Gasteiger partial charge in [0.15, 0.2) is 5.69 Å². The van der Waals surface area contributed by atoms with Gasteiger partial charge in [0.25, 0.3) is 0 Å². The molecule has 1 heterocycles. The molecule has 0 saturated heterocycles. The maximum absolute atomic E-state index is 11.1. The molecule has 0 atom stereocenters. The Kier molecular flexibility index (Phi) is 3.43. The molecule has 0 N–H and O–H groups in total. The predicted octanol–water partition coefficient (Wildman–Crippen LogP) is 1.59. The molecule has 0 aliphatic carbocycles. The summed E-state index contributed by atoms with van der Waals surface area (Å²) in [5.74, 6) is -0.585. The average Bonchev–Trinajstić information content (AvgIpc) is 2.17. The highest BCUT2D eigenvalue weighted by molar-refractivity contribution is 6.33. The number of halogens is 1. The number of carbonyl (C=O) groups is 1. The molecule has 0 aromatic carbocycles. The molecule has 0 radical (unpaired) electrons. The minimum absolute atomic E-state index is 0.0656. The van der Waals surface area contributed by atoms with Crippen LogP contribution in [0.4, 0.5) is 0 Å². The van der Waals surface area contributed by atoms with Crippen molar-refractivity contribution in [3.63, 3.8) is 0 Å². The molecular weight excluding hydrogens is 204 g/mol. The van der Waals surface area contributed by atoms with Crippen LogP contribution in [0.15, 0.2) is 12.3 Å². The first kappa shape index (κ1) is 10.5. The van der Waals surface area contributed by atoms with E-state index in [2.05, 4.69) is 9.72 Å². The maximum atomic E-state index is 11.1. The molecule has 72 valence electrons. The highest BCUT2D eigenvalue weighted by atomic mass is 35.5. The Hall–Kier alpha value is -1.60. The number of hydrogen-bond donors (Lipinski definition) is 0. The lowest BCUT2D eigenvalue weighted by Gasteiger charge is -2.01. The van der Waals surface area contributed by atoms with Crippen LogP contribution in [0.1, 0.15) is 16.1 Å². The lowest BCUT2D eigenvalue weighted by atomic mass is 10.2. The van der Waals surface area contributed by atoms with Crippen LogP contribution < -0.4 is 0 Å². The summed E-state index contributed by atoms with van der Waals surface area (Å²) in [6.07, 6.45) is 1.65. The van der Waals surface area contributed by atoms with Gasteiger partial charge in [-0.05, 0) is 11.6 Å². The second-order valence-corrected chi connectivity index (χ2v) is 2.91. The molecule has 1 rings (SSSR count). The number of nitriles is 1. The van der Waals surface area contributed by atoms with E-state index in [0.717, 1.165) is 0 Å². The third-order valence-corrected chi connectivity index (χ3v) is 1.85. The number of ether oxygens (including phenoxy) is 1. The second-order valence-electron chi connectivity index (χ2n) is 2.50. The first-order valence-corrected chi connectivity index (χ1v) is 4.16. The van der Waals surface area contributed by atoms with Gasteiger partial charge >= 0.3 is 5.97 Å². The van der Waals surface area contributed by atoms with Crippen LogP contribution in [0.2, 0.25) is 5.02 Å². The molecule has 5 heteroatoms. The molecular formula is C9H7ClN2O2. The fourth-order valence-electron chi connectivity index (χ4n) is 0.912. The van der Waals surface area contributed by atoms with Gasteiger partial charge in [0.2, 0.25) is 0 Å². The summed E-state index contributed by atoms with van der Waals surface area (Å²) >= 11 is 5.77. The van der Waals surface area contributed by atoms with Crippen LogP contribution in [0.3, 0.4) is 0 Å². The van der Waals surface area contributed by atoms with Gasteiger partial charge in [-0.15, -0.1) is 0 Å². The number of pyridine rings is 1. The van der Waals surface area contributed by atoms with Crippen molar-refractivity contribution >= 4 is 17.6 Å².